The van der Waals surface area contributed by atoms with E-state index in [-0.39, 0.29) is 11.6 Å². The summed E-state index contributed by atoms with van der Waals surface area (Å²) < 4.78 is 3.11. The number of hydrogen-bond acceptors (Lipinski definition) is 4. The molecule has 1 aliphatic heterocycles. The highest BCUT2D eigenvalue weighted by Crippen LogP contribution is 2.23. The van der Waals surface area contributed by atoms with Crippen molar-refractivity contribution < 1.29 is 4.79 Å². The van der Waals surface area contributed by atoms with Crippen molar-refractivity contribution >= 4 is 33.7 Å². The molecular weight excluding hydrogens is 392 g/mol. The molecule has 3 aromatic heterocycles. The second-order valence-electron chi connectivity index (χ2n) is 8.47. The number of rotatable bonds is 4. The zero-order chi connectivity index (χ0) is 21.7. The van der Waals surface area contributed by atoms with Gasteiger partial charge in [-0.1, -0.05) is 0 Å². The highest BCUT2D eigenvalue weighted by Gasteiger charge is 2.20. The van der Waals surface area contributed by atoms with E-state index in [2.05, 4.69) is 33.2 Å². The number of amides is 1. The number of pyridine rings is 1. The fourth-order valence-corrected chi connectivity index (χ4v) is 4.52. The van der Waals surface area contributed by atoms with Gasteiger partial charge in [0.05, 0.1) is 16.6 Å². The van der Waals surface area contributed by atoms with E-state index < -0.39 is 0 Å². The molecule has 160 valence electrons. The van der Waals surface area contributed by atoms with Gasteiger partial charge in [0.15, 0.2) is 0 Å². The van der Waals surface area contributed by atoms with Crippen LogP contribution in [0.4, 0.5) is 5.82 Å². The van der Waals surface area contributed by atoms with Crippen LogP contribution in [-0.4, -0.2) is 42.5 Å². The molecule has 0 spiro atoms. The Balaban J connectivity index is 1.37. The Kier molecular flexibility index (Phi) is 4.66. The van der Waals surface area contributed by atoms with E-state index in [1.807, 2.05) is 6.07 Å². The molecule has 1 saturated heterocycles. The molecule has 1 aliphatic rings. The molecule has 1 atom stereocenters. The van der Waals surface area contributed by atoms with Crippen LogP contribution >= 0.6 is 0 Å². The molecule has 4 heterocycles. The molecule has 0 aliphatic carbocycles. The van der Waals surface area contributed by atoms with Gasteiger partial charge in [0.2, 0.25) is 0 Å². The van der Waals surface area contributed by atoms with E-state index in [0.29, 0.717) is 22.9 Å². The number of benzene rings is 1. The zero-order valence-electron chi connectivity index (χ0n) is 18.0. The number of aromatic amines is 1. The second-order valence-corrected chi connectivity index (χ2v) is 8.47. The maximum Gasteiger partial charge on any atom is 0.328 e. The summed E-state index contributed by atoms with van der Waals surface area (Å²) in [7, 11) is 3.42. The summed E-state index contributed by atoms with van der Waals surface area (Å²) in [6.07, 6.45) is 4.28. The lowest BCUT2D eigenvalue weighted by atomic mass is 10.2. The minimum atomic E-state index is -0.261. The number of likely N-dealkylation sites (tertiary alicyclic amines) is 1. The van der Waals surface area contributed by atoms with E-state index in [1.165, 1.54) is 17.4 Å². The van der Waals surface area contributed by atoms with Crippen molar-refractivity contribution in [2.75, 3.05) is 11.9 Å². The van der Waals surface area contributed by atoms with Gasteiger partial charge < -0.3 is 10.3 Å². The number of nitrogens with one attached hydrogen (secondary N) is 2. The maximum absolute atomic E-state index is 12.8. The number of fused-ring (bicyclic) bond motifs is 2. The average Bonchev–Trinajstić information content (AvgIpc) is 3.41. The van der Waals surface area contributed by atoms with E-state index in [0.717, 1.165) is 35.2 Å². The summed E-state index contributed by atoms with van der Waals surface area (Å²) in [6, 6.07) is 9.84. The minimum Gasteiger partial charge on any atom is -0.357 e. The summed E-state index contributed by atoms with van der Waals surface area (Å²) in [6.45, 7) is 4.30. The first-order chi connectivity index (χ1) is 14.9. The maximum atomic E-state index is 12.8. The van der Waals surface area contributed by atoms with Gasteiger partial charge in [0.1, 0.15) is 5.82 Å². The third-order valence-corrected chi connectivity index (χ3v) is 6.40. The van der Waals surface area contributed by atoms with Gasteiger partial charge in [0.25, 0.3) is 5.91 Å². The van der Waals surface area contributed by atoms with Crippen molar-refractivity contribution in [1.82, 2.24) is 24.0 Å². The summed E-state index contributed by atoms with van der Waals surface area (Å²) in [4.78, 5) is 35.3. The smallest absolute Gasteiger partial charge is 0.328 e. The van der Waals surface area contributed by atoms with E-state index >= 15 is 0 Å². The van der Waals surface area contributed by atoms with Crippen LogP contribution in [0.3, 0.4) is 0 Å². The van der Waals surface area contributed by atoms with Crippen LogP contribution in [-0.2, 0) is 20.6 Å². The standard InChI is InChI=1S/C23H26N6O2/c1-14-5-4-8-29(14)13-17-9-16-12-24-21(11-18(16)25-17)26-22(30)15-6-7-19-20(10-15)28(3)23(31)27(19)2/h6-7,9-12,14,25H,4-5,8,13H2,1-3H3,(H,24,26,30)/t14-/m0/s1. The molecule has 1 fully saturated rings. The molecule has 1 aromatic carbocycles. The number of imidazole rings is 1. The highest BCUT2D eigenvalue weighted by molar-refractivity contribution is 6.06. The number of nitrogens with zero attached hydrogens (tertiary/aromatic N) is 4. The van der Waals surface area contributed by atoms with E-state index in [4.69, 9.17) is 0 Å². The van der Waals surface area contributed by atoms with Crippen LogP contribution < -0.4 is 11.0 Å². The molecule has 2 N–H and O–H groups in total. The number of carbonyl (C=O) groups is 1. The Morgan fingerprint density at radius 1 is 1.19 bits per heavy atom. The van der Waals surface area contributed by atoms with Gasteiger partial charge in [0, 0.05) is 55.6 Å². The fourth-order valence-electron chi connectivity index (χ4n) is 4.52. The molecule has 8 heteroatoms. The van der Waals surface area contributed by atoms with Crippen LogP contribution in [0.5, 0.6) is 0 Å². The fraction of sp³-hybridized carbons (Fsp3) is 0.348. The summed E-state index contributed by atoms with van der Waals surface area (Å²) in [5, 5.41) is 3.90. The van der Waals surface area contributed by atoms with Gasteiger partial charge >= 0.3 is 5.69 Å². The summed E-state index contributed by atoms with van der Waals surface area (Å²) in [5.74, 6) is 0.227. The molecule has 0 unspecified atom stereocenters. The molecule has 0 saturated carbocycles. The van der Waals surface area contributed by atoms with Crippen LogP contribution in [0, 0.1) is 0 Å². The Hall–Kier alpha value is -3.39. The number of aromatic nitrogens is 4. The first-order valence-electron chi connectivity index (χ1n) is 10.6. The van der Waals surface area contributed by atoms with Crippen LogP contribution in [0.1, 0.15) is 35.8 Å². The molecular formula is C23H26N6O2. The monoisotopic (exact) mass is 418 g/mol. The van der Waals surface area contributed by atoms with Gasteiger partial charge in [-0.05, 0) is 50.6 Å². The van der Waals surface area contributed by atoms with Crippen LogP contribution in [0.25, 0.3) is 21.9 Å². The first-order valence-corrected chi connectivity index (χ1v) is 10.6. The summed E-state index contributed by atoms with van der Waals surface area (Å²) in [5.41, 5.74) is 3.97. The average molecular weight is 419 g/mol. The number of carbonyl (C=O) groups excluding carboxylic acids is 1. The predicted molar refractivity (Wildman–Crippen MR) is 121 cm³/mol. The van der Waals surface area contributed by atoms with Crippen molar-refractivity contribution in [3.05, 3.63) is 58.3 Å². The van der Waals surface area contributed by atoms with Crippen molar-refractivity contribution in [2.45, 2.75) is 32.4 Å². The normalized spacial score (nSPS) is 17.1. The van der Waals surface area contributed by atoms with Gasteiger partial charge in [-0.25, -0.2) is 9.78 Å². The van der Waals surface area contributed by atoms with Crippen molar-refractivity contribution in [1.29, 1.82) is 0 Å². The minimum absolute atomic E-state index is 0.120. The topological polar surface area (TPSA) is 87.9 Å². The Bertz CT molecular complexity index is 1360. The molecule has 8 nitrogen and oxygen atoms in total. The van der Waals surface area contributed by atoms with E-state index in [9.17, 15) is 9.59 Å². The zero-order valence-corrected chi connectivity index (χ0v) is 18.0. The molecule has 5 rings (SSSR count). The Morgan fingerprint density at radius 3 is 2.77 bits per heavy atom. The summed E-state index contributed by atoms with van der Waals surface area (Å²) >= 11 is 0. The van der Waals surface area contributed by atoms with Crippen molar-refractivity contribution in [3.63, 3.8) is 0 Å². The second kappa shape index (κ2) is 7.39. The van der Waals surface area contributed by atoms with Gasteiger partial charge in [-0.15, -0.1) is 0 Å². The van der Waals surface area contributed by atoms with Crippen molar-refractivity contribution in [3.8, 4) is 0 Å². The largest absolute Gasteiger partial charge is 0.357 e. The van der Waals surface area contributed by atoms with Crippen LogP contribution in [0.2, 0.25) is 0 Å². The molecule has 0 radical (unpaired) electrons. The lowest BCUT2D eigenvalue weighted by Crippen LogP contribution is -2.26. The number of hydrogen-bond donors (Lipinski definition) is 2. The molecule has 4 aromatic rings. The molecule has 0 bridgehead atoms. The quantitative estimate of drug-likeness (QED) is 0.533. The molecule has 1 amide bonds. The number of H-pyrrole nitrogens is 1. The predicted octanol–water partition coefficient (Wildman–Crippen LogP) is 2.99. The Morgan fingerprint density at radius 2 is 2.00 bits per heavy atom. The lowest BCUT2D eigenvalue weighted by molar-refractivity contribution is 0.102. The van der Waals surface area contributed by atoms with Crippen molar-refractivity contribution in [2.24, 2.45) is 14.1 Å². The van der Waals surface area contributed by atoms with E-state index in [1.54, 1.807) is 43.1 Å². The lowest BCUT2D eigenvalue weighted by Gasteiger charge is -2.19. The Labute approximate surface area is 179 Å². The van der Waals surface area contributed by atoms with Gasteiger partial charge in [-0.3, -0.25) is 18.8 Å². The molecule has 31 heavy (non-hydrogen) atoms. The SMILES string of the molecule is C[C@H]1CCCN1Cc1cc2cnc(NC(=O)c3ccc4c(c3)n(C)c(=O)n4C)cc2[nH]1. The number of aryl methyl sites for hydroxylation is 2. The third-order valence-electron chi connectivity index (χ3n) is 6.40. The highest BCUT2D eigenvalue weighted by atomic mass is 16.2. The van der Waals surface area contributed by atoms with Crippen LogP contribution in [0.15, 0.2) is 41.3 Å². The first kappa shape index (κ1) is 19.6. The van der Waals surface area contributed by atoms with Gasteiger partial charge in [-0.2, -0.15) is 0 Å². The third kappa shape index (κ3) is 3.42. The number of anilines is 1.